The minimum atomic E-state index is -0.824. The molecule has 0 bridgehead atoms. The number of benzene rings is 1. The standard InChI is InChI=1S/C18H24N2O7/c1-18(2)26-14-12(9-21)25-16(15(14)27-18)20-13(22)8-19-17(23)24-10-11-6-4-3-5-7-11/h3-7,12,14-16,21H,8-10H2,1-2H3,(H,19,23)(H,20,22)/t12-,14-,15-,16-/m1/s1. The number of hydrogen-bond acceptors (Lipinski definition) is 7. The predicted octanol–water partition coefficient (Wildman–Crippen LogP) is 0.266. The van der Waals surface area contributed by atoms with Crippen molar-refractivity contribution in [3.8, 4) is 0 Å². The van der Waals surface area contributed by atoms with E-state index in [0.717, 1.165) is 5.56 Å². The second kappa shape index (κ2) is 8.22. The minimum Gasteiger partial charge on any atom is -0.445 e. The lowest BCUT2D eigenvalue weighted by atomic mass is 10.1. The zero-order valence-electron chi connectivity index (χ0n) is 15.2. The molecule has 9 heteroatoms. The fraction of sp³-hybridized carbons (Fsp3) is 0.556. The van der Waals surface area contributed by atoms with Crippen molar-refractivity contribution in [1.82, 2.24) is 10.6 Å². The maximum atomic E-state index is 12.1. The first kappa shape index (κ1) is 19.6. The number of carbonyl (C=O) groups excluding carboxylic acids is 2. The molecule has 0 aliphatic carbocycles. The van der Waals surface area contributed by atoms with E-state index in [1.807, 2.05) is 30.3 Å². The third kappa shape index (κ3) is 4.95. The first-order chi connectivity index (χ1) is 12.9. The van der Waals surface area contributed by atoms with E-state index in [1.165, 1.54) is 0 Å². The molecule has 2 aliphatic rings. The van der Waals surface area contributed by atoms with Crippen LogP contribution in [0, 0.1) is 0 Å². The van der Waals surface area contributed by atoms with E-state index < -0.39 is 42.3 Å². The highest BCUT2D eigenvalue weighted by Gasteiger charge is 2.55. The maximum Gasteiger partial charge on any atom is 0.407 e. The summed E-state index contributed by atoms with van der Waals surface area (Å²) in [6, 6.07) is 9.21. The van der Waals surface area contributed by atoms with E-state index in [2.05, 4.69) is 10.6 Å². The molecule has 2 saturated heterocycles. The zero-order chi connectivity index (χ0) is 19.4. The van der Waals surface area contributed by atoms with E-state index in [4.69, 9.17) is 18.9 Å². The van der Waals surface area contributed by atoms with E-state index in [9.17, 15) is 14.7 Å². The minimum absolute atomic E-state index is 0.113. The van der Waals surface area contributed by atoms with Gasteiger partial charge in [0.1, 0.15) is 31.5 Å². The van der Waals surface area contributed by atoms with Gasteiger partial charge in [0.2, 0.25) is 5.91 Å². The summed E-state index contributed by atoms with van der Waals surface area (Å²) >= 11 is 0. The Morgan fingerprint density at radius 2 is 1.89 bits per heavy atom. The molecule has 3 N–H and O–H groups in total. The average molecular weight is 380 g/mol. The van der Waals surface area contributed by atoms with Gasteiger partial charge in [0.15, 0.2) is 12.0 Å². The second-order valence-corrected chi connectivity index (χ2v) is 6.83. The van der Waals surface area contributed by atoms with E-state index >= 15 is 0 Å². The van der Waals surface area contributed by atoms with Crippen LogP contribution in [-0.4, -0.2) is 60.6 Å². The molecular weight excluding hydrogens is 356 g/mol. The molecule has 2 fully saturated rings. The van der Waals surface area contributed by atoms with E-state index in [1.54, 1.807) is 13.8 Å². The Hall–Kier alpha value is -2.20. The van der Waals surface area contributed by atoms with Crippen molar-refractivity contribution in [2.45, 2.75) is 50.8 Å². The predicted molar refractivity (Wildman–Crippen MR) is 92.3 cm³/mol. The van der Waals surface area contributed by atoms with Gasteiger partial charge in [-0.05, 0) is 19.4 Å². The number of hydrogen-bond donors (Lipinski definition) is 3. The summed E-state index contributed by atoms with van der Waals surface area (Å²) < 4.78 is 22.1. The van der Waals surface area contributed by atoms with Crippen LogP contribution in [0.25, 0.3) is 0 Å². The van der Waals surface area contributed by atoms with Crippen LogP contribution in [0.3, 0.4) is 0 Å². The molecule has 0 saturated carbocycles. The highest BCUT2D eigenvalue weighted by Crippen LogP contribution is 2.37. The van der Waals surface area contributed by atoms with Crippen LogP contribution in [-0.2, 0) is 30.3 Å². The summed E-state index contributed by atoms with van der Waals surface area (Å²) in [5.74, 6) is -1.29. The van der Waals surface area contributed by atoms with Crippen LogP contribution in [0.15, 0.2) is 30.3 Å². The van der Waals surface area contributed by atoms with Crippen LogP contribution in [0.1, 0.15) is 19.4 Å². The molecule has 0 aromatic heterocycles. The van der Waals surface area contributed by atoms with Gasteiger partial charge in [0.25, 0.3) is 0 Å². The smallest absolute Gasteiger partial charge is 0.407 e. The van der Waals surface area contributed by atoms with Gasteiger partial charge in [-0.3, -0.25) is 4.79 Å². The molecule has 1 aromatic rings. The molecule has 0 radical (unpaired) electrons. The number of aliphatic hydroxyl groups excluding tert-OH is 1. The molecule has 9 nitrogen and oxygen atoms in total. The molecule has 0 unspecified atom stereocenters. The van der Waals surface area contributed by atoms with Crippen molar-refractivity contribution in [2.75, 3.05) is 13.2 Å². The quantitative estimate of drug-likeness (QED) is 0.649. The highest BCUT2D eigenvalue weighted by atomic mass is 16.8. The van der Waals surface area contributed by atoms with Crippen LogP contribution in [0.2, 0.25) is 0 Å². The number of amides is 2. The summed E-state index contributed by atoms with van der Waals surface area (Å²) in [4.78, 5) is 23.8. The summed E-state index contributed by atoms with van der Waals surface area (Å²) in [5.41, 5.74) is 0.846. The second-order valence-electron chi connectivity index (χ2n) is 6.83. The highest BCUT2D eigenvalue weighted by molar-refractivity contribution is 5.82. The summed E-state index contributed by atoms with van der Waals surface area (Å²) in [6.07, 6.45) is -3.08. The molecule has 0 spiro atoms. The van der Waals surface area contributed by atoms with Gasteiger partial charge in [0, 0.05) is 0 Å². The lowest BCUT2D eigenvalue weighted by Gasteiger charge is -2.24. The molecule has 2 heterocycles. The van der Waals surface area contributed by atoms with Gasteiger partial charge in [-0.25, -0.2) is 4.79 Å². The molecule has 2 aliphatic heterocycles. The topological polar surface area (TPSA) is 115 Å². The lowest BCUT2D eigenvalue weighted by molar-refractivity contribution is -0.194. The van der Waals surface area contributed by atoms with Gasteiger partial charge < -0.3 is 34.7 Å². The molecule has 3 rings (SSSR count). The molecule has 1 aromatic carbocycles. The Bertz CT molecular complexity index is 667. The molecule has 27 heavy (non-hydrogen) atoms. The van der Waals surface area contributed by atoms with Crippen molar-refractivity contribution >= 4 is 12.0 Å². The first-order valence-electron chi connectivity index (χ1n) is 8.74. The lowest BCUT2D eigenvalue weighted by Crippen LogP contribution is -2.47. The number of nitrogens with one attached hydrogen (secondary N) is 2. The van der Waals surface area contributed by atoms with Crippen molar-refractivity contribution < 1.29 is 33.6 Å². The number of alkyl carbamates (subject to hydrolysis) is 1. The zero-order valence-corrected chi connectivity index (χ0v) is 15.2. The first-order valence-corrected chi connectivity index (χ1v) is 8.74. The Morgan fingerprint density at radius 1 is 1.19 bits per heavy atom. The van der Waals surface area contributed by atoms with Gasteiger partial charge in [-0.2, -0.15) is 0 Å². The fourth-order valence-electron chi connectivity index (χ4n) is 3.08. The molecule has 2 amide bonds. The third-order valence-corrected chi connectivity index (χ3v) is 4.24. The Balaban J connectivity index is 1.43. The Morgan fingerprint density at radius 3 is 2.59 bits per heavy atom. The summed E-state index contributed by atoms with van der Waals surface area (Å²) in [5, 5.41) is 14.4. The maximum absolute atomic E-state index is 12.1. The van der Waals surface area contributed by atoms with Crippen molar-refractivity contribution in [3.63, 3.8) is 0 Å². The monoisotopic (exact) mass is 380 g/mol. The Labute approximate surface area is 156 Å². The van der Waals surface area contributed by atoms with Crippen LogP contribution >= 0.6 is 0 Å². The van der Waals surface area contributed by atoms with E-state index in [-0.39, 0.29) is 19.8 Å². The average Bonchev–Trinajstić information content (AvgIpc) is 3.12. The van der Waals surface area contributed by atoms with Gasteiger partial charge in [-0.1, -0.05) is 30.3 Å². The number of rotatable bonds is 6. The normalized spacial score (nSPS) is 28.4. The summed E-state index contributed by atoms with van der Waals surface area (Å²) in [6.45, 7) is 3.09. The molecule has 4 atom stereocenters. The Kier molecular flexibility index (Phi) is 5.95. The summed E-state index contributed by atoms with van der Waals surface area (Å²) in [7, 11) is 0. The molecule has 148 valence electrons. The number of ether oxygens (including phenoxy) is 4. The van der Waals surface area contributed by atoms with Crippen molar-refractivity contribution in [3.05, 3.63) is 35.9 Å². The third-order valence-electron chi connectivity index (χ3n) is 4.24. The van der Waals surface area contributed by atoms with Gasteiger partial charge in [-0.15, -0.1) is 0 Å². The van der Waals surface area contributed by atoms with Gasteiger partial charge >= 0.3 is 6.09 Å². The van der Waals surface area contributed by atoms with Crippen LogP contribution in [0.5, 0.6) is 0 Å². The van der Waals surface area contributed by atoms with Crippen molar-refractivity contribution in [1.29, 1.82) is 0 Å². The number of fused-ring (bicyclic) bond motifs is 1. The van der Waals surface area contributed by atoms with E-state index in [0.29, 0.717) is 0 Å². The fourth-order valence-corrected chi connectivity index (χ4v) is 3.08. The van der Waals surface area contributed by atoms with Gasteiger partial charge in [0.05, 0.1) is 6.61 Å². The largest absolute Gasteiger partial charge is 0.445 e. The van der Waals surface area contributed by atoms with Crippen molar-refractivity contribution in [2.24, 2.45) is 0 Å². The van der Waals surface area contributed by atoms with Crippen LogP contribution < -0.4 is 10.6 Å². The number of aliphatic hydroxyl groups is 1. The SMILES string of the molecule is CC1(C)O[C@@H]2[C@H](O1)[C@@H](CO)O[C@H]2NC(=O)CNC(=O)OCc1ccccc1. The molecular formula is C18H24N2O7. The van der Waals surface area contributed by atoms with Crippen LogP contribution in [0.4, 0.5) is 4.79 Å². The number of carbonyl (C=O) groups is 2.